The Bertz CT molecular complexity index is 1370. The third-order valence-corrected chi connectivity index (χ3v) is 6.41. The van der Waals surface area contributed by atoms with Crippen molar-refractivity contribution in [3.8, 4) is 0 Å². The molecule has 0 saturated carbocycles. The van der Waals surface area contributed by atoms with E-state index in [2.05, 4.69) is 20.6 Å². The van der Waals surface area contributed by atoms with Crippen molar-refractivity contribution < 1.29 is 14.3 Å². The third kappa shape index (κ3) is 5.52. The molecule has 0 fully saturated rings. The molecule has 4 rings (SSSR count). The first-order chi connectivity index (χ1) is 17.3. The quantitative estimate of drug-likeness (QED) is 0.367. The maximum absolute atomic E-state index is 13.8. The summed E-state index contributed by atoms with van der Waals surface area (Å²) < 4.78 is 6.88. The van der Waals surface area contributed by atoms with Crippen LogP contribution in [0.1, 0.15) is 38.8 Å². The number of pyridine rings is 1. The molecule has 0 saturated heterocycles. The molecule has 0 radical (unpaired) electrons. The molecule has 0 aliphatic heterocycles. The molecule has 2 aromatic heterocycles. The van der Waals surface area contributed by atoms with Crippen LogP contribution in [-0.2, 0) is 20.9 Å². The number of rotatable bonds is 10. The standard InChI is InChI=1S/C27H32N6O3/c1-5-27(2,3)29-26(35)25(20-12-13-21-19(17-20)9-8-14-28-21)32(15-16-36-4)24(34)18-33-23-11-7-6-10-22(23)30-31-33/h6-14,17,25H,5,15-16,18H2,1-4H3,(H,29,35)/t25-/m0/s1. The van der Waals surface area contributed by atoms with Crippen LogP contribution in [0.25, 0.3) is 21.9 Å². The number of nitrogens with one attached hydrogen (secondary N) is 1. The van der Waals surface area contributed by atoms with Gasteiger partial charge in [0.25, 0.3) is 0 Å². The number of hydrogen-bond acceptors (Lipinski definition) is 6. The fourth-order valence-electron chi connectivity index (χ4n) is 4.07. The fraction of sp³-hybridized carbons (Fsp3) is 0.370. The number of hydrogen-bond donors (Lipinski definition) is 1. The van der Waals surface area contributed by atoms with Gasteiger partial charge < -0.3 is 15.0 Å². The van der Waals surface area contributed by atoms with Crippen LogP contribution >= 0.6 is 0 Å². The first-order valence-corrected chi connectivity index (χ1v) is 12.1. The van der Waals surface area contributed by atoms with Crippen molar-refractivity contribution >= 4 is 33.8 Å². The molecule has 188 valence electrons. The molecule has 0 bridgehead atoms. The summed E-state index contributed by atoms with van der Waals surface area (Å²) in [6.07, 6.45) is 2.47. The van der Waals surface area contributed by atoms with Crippen molar-refractivity contribution in [3.63, 3.8) is 0 Å². The van der Waals surface area contributed by atoms with E-state index in [4.69, 9.17) is 4.74 Å². The van der Waals surface area contributed by atoms with Crippen LogP contribution in [-0.4, -0.2) is 62.5 Å². The van der Waals surface area contributed by atoms with E-state index in [1.54, 1.807) is 22.9 Å². The predicted octanol–water partition coefficient (Wildman–Crippen LogP) is 3.50. The Hall–Kier alpha value is -3.85. The lowest BCUT2D eigenvalue weighted by Crippen LogP contribution is -2.51. The van der Waals surface area contributed by atoms with Crippen LogP contribution < -0.4 is 5.32 Å². The van der Waals surface area contributed by atoms with Crippen LogP contribution in [0.2, 0.25) is 0 Å². The molecule has 0 aliphatic rings. The van der Waals surface area contributed by atoms with Crippen molar-refractivity contribution in [1.82, 2.24) is 30.2 Å². The van der Waals surface area contributed by atoms with Crippen molar-refractivity contribution in [2.75, 3.05) is 20.3 Å². The Kier molecular flexibility index (Phi) is 7.59. The summed E-state index contributed by atoms with van der Waals surface area (Å²) >= 11 is 0. The maximum atomic E-state index is 13.8. The molecule has 0 unspecified atom stereocenters. The Morgan fingerprint density at radius 3 is 2.69 bits per heavy atom. The Labute approximate surface area is 210 Å². The van der Waals surface area contributed by atoms with Gasteiger partial charge in [-0.1, -0.05) is 36.4 Å². The molecule has 9 nitrogen and oxygen atoms in total. The van der Waals surface area contributed by atoms with Gasteiger partial charge in [0.1, 0.15) is 18.1 Å². The summed E-state index contributed by atoms with van der Waals surface area (Å²) in [4.78, 5) is 33.5. The lowest BCUT2D eigenvalue weighted by atomic mass is 9.97. The van der Waals surface area contributed by atoms with E-state index in [1.165, 1.54) is 0 Å². The van der Waals surface area contributed by atoms with Crippen LogP contribution in [0.5, 0.6) is 0 Å². The highest BCUT2D eigenvalue weighted by Gasteiger charge is 2.34. The first-order valence-electron chi connectivity index (χ1n) is 12.1. The smallest absolute Gasteiger partial charge is 0.247 e. The summed E-state index contributed by atoms with van der Waals surface area (Å²) in [6.45, 7) is 6.41. The SMILES string of the molecule is CCC(C)(C)NC(=O)[C@H](c1ccc2ncccc2c1)N(CCOC)C(=O)Cn1nnc2ccccc21. The van der Waals surface area contributed by atoms with Gasteiger partial charge in [0.2, 0.25) is 11.8 Å². The van der Waals surface area contributed by atoms with Crippen LogP contribution in [0.3, 0.4) is 0 Å². The highest BCUT2D eigenvalue weighted by Crippen LogP contribution is 2.26. The largest absolute Gasteiger partial charge is 0.383 e. The monoisotopic (exact) mass is 488 g/mol. The van der Waals surface area contributed by atoms with Crippen LogP contribution in [0.4, 0.5) is 0 Å². The maximum Gasteiger partial charge on any atom is 0.247 e. The number of carbonyl (C=O) groups is 2. The average Bonchev–Trinajstić information content (AvgIpc) is 3.28. The molecule has 2 aromatic carbocycles. The topological polar surface area (TPSA) is 102 Å². The normalized spacial score (nSPS) is 12.6. The zero-order valence-electron chi connectivity index (χ0n) is 21.1. The molecule has 4 aromatic rings. The van der Waals surface area contributed by atoms with E-state index in [0.29, 0.717) is 11.1 Å². The second-order valence-corrected chi connectivity index (χ2v) is 9.40. The van der Waals surface area contributed by atoms with Gasteiger partial charge in [0, 0.05) is 30.8 Å². The molecule has 9 heteroatoms. The summed E-state index contributed by atoms with van der Waals surface area (Å²) in [5.74, 6) is -0.513. The Morgan fingerprint density at radius 2 is 1.92 bits per heavy atom. The van der Waals surface area contributed by atoms with Gasteiger partial charge in [-0.05, 0) is 56.2 Å². The van der Waals surface area contributed by atoms with E-state index in [9.17, 15) is 9.59 Å². The number of ether oxygens (including phenoxy) is 1. The highest BCUT2D eigenvalue weighted by atomic mass is 16.5. The van der Waals surface area contributed by atoms with E-state index in [0.717, 1.165) is 22.8 Å². The van der Waals surface area contributed by atoms with Crippen molar-refractivity contribution in [2.24, 2.45) is 0 Å². The fourth-order valence-corrected chi connectivity index (χ4v) is 4.07. The second kappa shape index (κ2) is 10.8. The second-order valence-electron chi connectivity index (χ2n) is 9.40. The molecule has 1 atom stereocenters. The number of para-hydroxylation sites is 1. The Morgan fingerprint density at radius 1 is 1.11 bits per heavy atom. The minimum atomic E-state index is -0.863. The summed E-state index contributed by atoms with van der Waals surface area (Å²) in [5, 5.41) is 12.3. The Balaban J connectivity index is 1.74. The highest BCUT2D eigenvalue weighted by molar-refractivity contribution is 5.91. The molecule has 36 heavy (non-hydrogen) atoms. The zero-order chi connectivity index (χ0) is 25.7. The van der Waals surface area contributed by atoms with Gasteiger partial charge in [-0.15, -0.1) is 5.10 Å². The van der Waals surface area contributed by atoms with Gasteiger partial charge >= 0.3 is 0 Å². The predicted molar refractivity (Wildman–Crippen MR) is 138 cm³/mol. The van der Waals surface area contributed by atoms with E-state index in [-0.39, 0.29) is 31.5 Å². The summed E-state index contributed by atoms with van der Waals surface area (Å²) in [5.41, 5.74) is 2.54. The number of nitrogens with zero attached hydrogens (tertiary/aromatic N) is 5. The van der Waals surface area contributed by atoms with E-state index >= 15 is 0 Å². The van der Waals surface area contributed by atoms with Gasteiger partial charge in [-0.2, -0.15) is 0 Å². The lowest BCUT2D eigenvalue weighted by molar-refractivity contribution is -0.142. The number of amides is 2. The molecule has 0 spiro atoms. The third-order valence-electron chi connectivity index (χ3n) is 6.41. The first kappa shape index (κ1) is 25.2. The minimum absolute atomic E-state index is 0.0552. The zero-order valence-corrected chi connectivity index (χ0v) is 21.1. The summed E-state index contributed by atoms with van der Waals surface area (Å²) in [7, 11) is 1.57. The number of carbonyl (C=O) groups excluding carboxylic acids is 2. The van der Waals surface area contributed by atoms with Gasteiger partial charge in [0.15, 0.2) is 0 Å². The van der Waals surface area contributed by atoms with Gasteiger partial charge in [-0.3, -0.25) is 14.6 Å². The van der Waals surface area contributed by atoms with Crippen molar-refractivity contribution in [1.29, 1.82) is 0 Å². The number of fused-ring (bicyclic) bond motifs is 2. The van der Waals surface area contributed by atoms with Crippen molar-refractivity contribution in [2.45, 2.75) is 45.3 Å². The lowest BCUT2D eigenvalue weighted by Gasteiger charge is -2.34. The number of methoxy groups -OCH3 is 1. The summed E-state index contributed by atoms with van der Waals surface area (Å²) in [6, 6.07) is 16.0. The molecule has 2 heterocycles. The van der Waals surface area contributed by atoms with Crippen LogP contribution in [0, 0.1) is 0 Å². The molecular weight excluding hydrogens is 456 g/mol. The van der Waals surface area contributed by atoms with Gasteiger partial charge in [-0.25, -0.2) is 4.68 Å². The van der Waals surface area contributed by atoms with E-state index < -0.39 is 11.6 Å². The van der Waals surface area contributed by atoms with Gasteiger partial charge in [0.05, 0.1) is 17.6 Å². The number of benzene rings is 2. The van der Waals surface area contributed by atoms with E-state index in [1.807, 2.05) is 75.4 Å². The molecular formula is C27H32N6O3. The molecule has 0 aliphatic carbocycles. The number of aromatic nitrogens is 4. The molecule has 1 N–H and O–H groups in total. The minimum Gasteiger partial charge on any atom is -0.383 e. The van der Waals surface area contributed by atoms with Crippen LogP contribution in [0.15, 0.2) is 60.8 Å². The molecule has 2 amide bonds. The average molecular weight is 489 g/mol. The van der Waals surface area contributed by atoms with Crippen molar-refractivity contribution in [3.05, 3.63) is 66.4 Å².